The van der Waals surface area contributed by atoms with E-state index in [0.717, 1.165) is 17.1 Å². The number of halogens is 2. The Morgan fingerprint density at radius 2 is 1.71 bits per heavy atom. The molecule has 2 bridgehead atoms. The fraction of sp³-hybridized carbons (Fsp3) is 0.429. The lowest BCUT2D eigenvalue weighted by Gasteiger charge is -2.50. The molecule has 0 aliphatic carbocycles. The number of rotatable bonds is 13. The van der Waals surface area contributed by atoms with Crippen molar-refractivity contribution in [3.8, 4) is 22.9 Å². The summed E-state index contributed by atoms with van der Waals surface area (Å²) in [6.07, 6.45) is 5.66. The molecule has 5 heterocycles. The van der Waals surface area contributed by atoms with Gasteiger partial charge in [0.25, 0.3) is 0 Å². The largest absolute Gasteiger partial charge is 0.455 e. The first kappa shape index (κ1) is 48.5. The van der Waals surface area contributed by atoms with Crippen LogP contribution in [-0.2, 0) is 52.1 Å². The van der Waals surface area contributed by atoms with Gasteiger partial charge in [0.05, 0.1) is 48.5 Å². The average molecular weight is 941 g/mol. The Kier molecular flexibility index (Phi) is 15.8. The summed E-state index contributed by atoms with van der Waals surface area (Å²) < 4.78 is 14.0. The van der Waals surface area contributed by atoms with Gasteiger partial charge in [-0.15, -0.1) is 0 Å². The highest BCUT2D eigenvalue weighted by Crippen LogP contribution is 2.35. The number of amides is 3. The van der Waals surface area contributed by atoms with Crippen LogP contribution >= 0.6 is 23.2 Å². The molecule has 17 heteroatoms. The number of hydrogen-bond donors (Lipinski definition) is 2. The minimum atomic E-state index is -1.32. The standard InChI is InChI=1S/C49H59Cl2N9O6/c1-32-46(62)55-41(30-65-6)48(64)58(5)49(25-33-11-14-36(50)15-12-33)19-9-21-59(31-49)47(63)35(22-38-10-7-8-20-52-38)23-45(61)60(32)28-34-13-16-37(51)24-43(34)66-39-17-18-40(53-26-39)42-27-54-44(57(42)4)29-56(2)3/h7-8,10-18,20,24,26-27,32,35,41,45,61H,9,19,21-23,25,28-31H2,1-6H3,(H,55,62)/t32-,35+,41-,45?,49+/m0/s1. The Bertz CT molecular complexity index is 2460. The van der Waals surface area contributed by atoms with Crippen molar-refractivity contribution in [3.05, 3.63) is 124 Å². The highest BCUT2D eigenvalue weighted by atomic mass is 35.5. The lowest BCUT2D eigenvalue weighted by molar-refractivity contribution is -0.153. The second-order valence-electron chi connectivity index (χ2n) is 17.7. The summed E-state index contributed by atoms with van der Waals surface area (Å²) in [4.78, 5) is 65.3. The summed E-state index contributed by atoms with van der Waals surface area (Å²) in [6.45, 7) is 2.95. The van der Waals surface area contributed by atoms with Crippen LogP contribution in [0, 0.1) is 5.92 Å². The van der Waals surface area contributed by atoms with Crippen molar-refractivity contribution in [1.82, 2.24) is 44.4 Å². The molecule has 2 aliphatic heterocycles. The smallest absolute Gasteiger partial charge is 0.247 e. The van der Waals surface area contributed by atoms with Crippen LogP contribution in [0.1, 0.15) is 48.8 Å². The summed E-state index contributed by atoms with van der Waals surface area (Å²) in [5.41, 5.74) is 2.97. The van der Waals surface area contributed by atoms with Gasteiger partial charge in [0.2, 0.25) is 17.7 Å². The molecule has 7 rings (SSSR count). The zero-order chi connectivity index (χ0) is 47.1. The number of aliphatic hydroxyl groups is 1. The molecule has 15 nitrogen and oxygen atoms in total. The molecule has 350 valence electrons. The number of piperidine rings is 1. The Labute approximate surface area is 396 Å². The van der Waals surface area contributed by atoms with E-state index in [1.807, 2.05) is 84.0 Å². The van der Waals surface area contributed by atoms with Crippen molar-refractivity contribution in [3.63, 3.8) is 0 Å². The minimum Gasteiger partial charge on any atom is -0.455 e. The van der Waals surface area contributed by atoms with Gasteiger partial charge in [-0.25, -0.2) is 4.98 Å². The number of nitrogens with one attached hydrogen (secondary N) is 1. The van der Waals surface area contributed by atoms with Gasteiger partial charge in [-0.2, -0.15) is 0 Å². The highest BCUT2D eigenvalue weighted by molar-refractivity contribution is 6.31. The number of imidazole rings is 1. The summed E-state index contributed by atoms with van der Waals surface area (Å²) in [7, 11) is 9.15. The maximum atomic E-state index is 15.1. The number of pyridine rings is 2. The second-order valence-corrected chi connectivity index (χ2v) is 18.6. The summed E-state index contributed by atoms with van der Waals surface area (Å²) in [5, 5.41) is 16.4. The number of ether oxygens (including phenoxy) is 2. The highest BCUT2D eigenvalue weighted by Gasteiger charge is 2.46. The Morgan fingerprint density at radius 1 is 0.939 bits per heavy atom. The van der Waals surface area contributed by atoms with Crippen LogP contribution in [-0.4, -0.2) is 134 Å². The van der Waals surface area contributed by atoms with Crippen LogP contribution in [0.4, 0.5) is 0 Å². The van der Waals surface area contributed by atoms with Crippen LogP contribution < -0.4 is 10.1 Å². The number of methoxy groups -OCH3 is 1. The van der Waals surface area contributed by atoms with Crippen LogP contribution in [0.5, 0.6) is 11.5 Å². The molecule has 2 saturated heterocycles. The van der Waals surface area contributed by atoms with E-state index in [1.54, 1.807) is 66.6 Å². The minimum absolute atomic E-state index is 0.00134. The first-order valence-corrected chi connectivity index (χ1v) is 22.9. The van der Waals surface area contributed by atoms with Gasteiger partial charge in [-0.3, -0.25) is 29.3 Å². The molecular formula is C49H59Cl2N9O6. The summed E-state index contributed by atoms with van der Waals surface area (Å²) in [6, 6.07) is 19.8. The monoisotopic (exact) mass is 939 g/mol. The van der Waals surface area contributed by atoms with E-state index in [1.165, 1.54) is 7.11 Å². The molecule has 0 radical (unpaired) electrons. The topological polar surface area (TPSA) is 158 Å². The van der Waals surface area contributed by atoms with Gasteiger partial charge in [-0.1, -0.05) is 47.5 Å². The normalized spacial score (nSPS) is 22.4. The van der Waals surface area contributed by atoms with Crippen molar-refractivity contribution in [1.29, 1.82) is 0 Å². The van der Waals surface area contributed by atoms with Crippen LogP contribution in [0.2, 0.25) is 10.0 Å². The Morgan fingerprint density at radius 3 is 2.41 bits per heavy atom. The second kappa shape index (κ2) is 21.5. The molecule has 0 saturated carbocycles. The molecule has 2 N–H and O–H groups in total. The van der Waals surface area contributed by atoms with Crippen molar-refractivity contribution < 1.29 is 29.0 Å². The van der Waals surface area contributed by atoms with Crippen molar-refractivity contribution >= 4 is 40.9 Å². The number of aliphatic hydroxyl groups excluding tert-OH is 1. The third kappa shape index (κ3) is 11.4. The molecule has 5 aromatic rings. The summed E-state index contributed by atoms with van der Waals surface area (Å²) >= 11 is 12.8. The van der Waals surface area contributed by atoms with E-state index < -0.39 is 35.7 Å². The maximum Gasteiger partial charge on any atom is 0.247 e. The van der Waals surface area contributed by atoms with Gasteiger partial charge in [0, 0.05) is 80.7 Å². The SMILES string of the molecule is COC[C@@H]1NC(=O)[C@H](C)N(Cc2ccc(Cl)cc2Oc2ccc(-c3cnc(CN(C)C)n3C)nc2)C(O)C[C@@H](Cc2ccccn2)C(=O)N2CCC[C@@](Cc3ccc(Cl)cc3)(C2)N(C)C1=O. The predicted octanol–water partition coefficient (Wildman–Crippen LogP) is 6.00. The number of aromatic nitrogens is 4. The first-order chi connectivity index (χ1) is 31.6. The average Bonchev–Trinajstić information content (AvgIpc) is 3.66. The molecule has 3 aromatic heterocycles. The van der Waals surface area contributed by atoms with E-state index in [2.05, 4.69) is 20.3 Å². The molecule has 2 fully saturated rings. The Balaban J connectivity index is 1.23. The fourth-order valence-electron chi connectivity index (χ4n) is 9.05. The zero-order valence-electron chi connectivity index (χ0n) is 38.4. The van der Waals surface area contributed by atoms with E-state index in [9.17, 15) is 14.7 Å². The van der Waals surface area contributed by atoms with Gasteiger partial charge in [0.1, 0.15) is 29.6 Å². The number of likely N-dealkylation sites (N-methyl/N-ethyl adjacent to an activating group) is 1. The molecule has 66 heavy (non-hydrogen) atoms. The maximum absolute atomic E-state index is 15.1. The molecule has 2 aliphatic rings. The molecule has 3 amide bonds. The predicted molar refractivity (Wildman–Crippen MR) is 253 cm³/mol. The lowest BCUT2D eigenvalue weighted by Crippen LogP contribution is -2.66. The number of carbonyl (C=O) groups is 3. The van der Waals surface area contributed by atoms with Crippen LogP contribution in [0.15, 0.2) is 91.4 Å². The third-order valence-electron chi connectivity index (χ3n) is 12.7. The Hall–Kier alpha value is -5.42. The number of carbonyl (C=O) groups excluding carboxylic acids is 3. The van der Waals surface area contributed by atoms with Crippen LogP contribution in [0.3, 0.4) is 0 Å². The molecule has 1 unspecified atom stereocenters. The molecular weight excluding hydrogens is 882 g/mol. The van der Waals surface area contributed by atoms with Crippen molar-refractivity contribution in [2.45, 2.75) is 76.0 Å². The van der Waals surface area contributed by atoms with Gasteiger partial charge < -0.3 is 39.2 Å². The third-order valence-corrected chi connectivity index (χ3v) is 13.2. The lowest BCUT2D eigenvalue weighted by atomic mass is 9.80. The van der Waals surface area contributed by atoms with E-state index in [4.69, 9.17) is 32.7 Å². The number of nitrogens with zero attached hydrogens (tertiary/aromatic N) is 8. The van der Waals surface area contributed by atoms with Gasteiger partial charge in [-0.05, 0) is 101 Å². The fourth-order valence-corrected chi connectivity index (χ4v) is 9.34. The van der Waals surface area contributed by atoms with Gasteiger partial charge >= 0.3 is 0 Å². The first-order valence-electron chi connectivity index (χ1n) is 22.2. The number of hydrogen-bond acceptors (Lipinski definition) is 11. The van der Waals surface area contributed by atoms with E-state index in [0.29, 0.717) is 70.8 Å². The molecule has 2 aromatic carbocycles. The molecule has 0 spiro atoms. The number of fused-ring (bicyclic) bond motifs is 2. The van der Waals surface area contributed by atoms with Crippen molar-refractivity contribution in [2.24, 2.45) is 13.0 Å². The van der Waals surface area contributed by atoms with Crippen molar-refractivity contribution in [2.75, 3.05) is 47.9 Å². The van der Waals surface area contributed by atoms with E-state index in [-0.39, 0.29) is 44.4 Å². The summed E-state index contributed by atoms with van der Waals surface area (Å²) in [5.74, 6) is -0.0728. The van der Waals surface area contributed by atoms with E-state index >= 15 is 4.79 Å². The number of benzene rings is 2. The molecule has 5 atom stereocenters. The zero-order valence-corrected chi connectivity index (χ0v) is 39.9. The van der Waals surface area contributed by atoms with Crippen LogP contribution in [0.25, 0.3) is 11.4 Å². The quantitative estimate of drug-likeness (QED) is 0.143. The van der Waals surface area contributed by atoms with Gasteiger partial charge in [0.15, 0.2) is 0 Å².